The first-order valence-corrected chi connectivity index (χ1v) is 12.2. The fourth-order valence-corrected chi connectivity index (χ4v) is 4.62. The molecular weight excluding hydrogens is 399 g/mol. The van der Waals surface area contributed by atoms with Crippen LogP contribution in [0.2, 0.25) is 0 Å². The van der Waals surface area contributed by atoms with E-state index in [1.165, 1.54) is 49.3 Å². The molecule has 0 fully saturated rings. The molecule has 32 heavy (non-hydrogen) atoms. The lowest BCUT2D eigenvalue weighted by Crippen LogP contribution is -2.32. The van der Waals surface area contributed by atoms with Gasteiger partial charge in [0.25, 0.3) is 0 Å². The van der Waals surface area contributed by atoms with Crippen LogP contribution < -0.4 is 0 Å². The molecule has 174 valence electrons. The Morgan fingerprint density at radius 2 is 1.75 bits per heavy atom. The Hall–Kier alpha value is -2.24. The number of aromatic amines is 1. The maximum Gasteiger partial charge on any atom is 0.217 e. The van der Waals surface area contributed by atoms with Crippen molar-refractivity contribution in [1.82, 2.24) is 19.8 Å². The quantitative estimate of drug-likeness (QED) is 0.234. The highest BCUT2D eigenvalue weighted by atomic mass is 19.1. The average molecular weight is 439 g/mol. The van der Waals surface area contributed by atoms with E-state index in [2.05, 4.69) is 65.1 Å². The van der Waals surface area contributed by atoms with Crippen LogP contribution in [0.1, 0.15) is 63.5 Å². The third-order valence-corrected chi connectivity index (χ3v) is 6.50. The van der Waals surface area contributed by atoms with Gasteiger partial charge >= 0.3 is 0 Å². The van der Waals surface area contributed by atoms with Crippen LogP contribution in [0, 0.1) is 5.95 Å². The van der Waals surface area contributed by atoms with Gasteiger partial charge in [0.05, 0.1) is 0 Å². The summed E-state index contributed by atoms with van der Waals surface area (Å²) in [5, 5.41) is 1.24. The molecule has 1 aromatic carbocycles. The minimum atomic E-state index is -0.361. The summed E-state index contributed by atoms with van der Waals surface area (Å²) in [6.07, 6.45) is 10.9. The van der Waals surface area contributed by atoms with Crippen molar-refractivity contribution in [2.24, 2.45) is 0 Å². The van der Waals surface area contributed by atoms with Crippen LogP contribution in [0.4, 0.5) is 4.39 Å². The highest BCUT2D eigenvalue weighted by Crippen LogP contribution is 2.21. The number of H-pyrrole nitrogens is 1. The molecule has 0 aliphatic rings. The zero-order valence-electron chi connectivity index (χ0n) is 20.0. The fraction of sp³-hybridized carbons (Fsp3) is 0.519. The topological polar surface area (TPSA) is 35.2 Å². The van der Waals surface area contributed by atoms with E-state index in [1.807, 2.05) is 18.2 Å². The highest BCUT2D eigenvalue weighted by molar-refractivity contribution is 5.82. The Kier molecular flexibility index (Phi) is 9.69. The monoisotopic (exact) mass is 438 g/mol. The summed E-state index contributed by atoms with van der Waals surface area (Å²) >= 11 is 0. The number of hydrogen-bond donors (Lipinski definition) is 1. The predicted octanol–water partition coefficient (Wildman–Crippen LogP) is 6.39. The molecule has 1 N–H and O–H groups in total. The van der Waals surface area contributed by atoms with Crippen LogP contribution in [0.3, 0.4) is 0 Å². The van der Waals surface area contributed by atoms with Gasteiger partial charge in [0, 0.05) is 48.0 Å². The van der Waals surface area contributed by atoms with Crippen LogP contribution >= 0.6 is 0 Å². The minimum absolute atomic E-state index is 0.361. The van der Waals surface area contributed by atoms with Gasteiger partial charge in [0.1, 0.15) is 0 Å². The number of nitrogens with one attached hydrogen (secondary N) is 1. The number of halogens is 1. The third kappa shape index (κ3) is 6.88. The molecular formula is C27H39FN4. The molecule has 5 heteroatoms. The second kappa shape index (κ2) is 12.7. The van der Waals surface area contributed by atoms with Crippen molar-refractivity contribution >= 4 is 10.9 Å². The van der Waals surface area contributed by atoms with Crippen LogP contribution in [0.5, 0.6) is 0 Å². The zero-order valence-corrected chi connectivity index (χ0v) is 20.0. The minimum Gasteiger partial charge on any atom is -0.361 e. The molecule has 1 unspecified atom stereocenters. The van der Waals surface area contributed by atoms with Crippen LogP contribution in [0.15, 0.2) is 48.8 Å². The summed E-state index contributed by atoms with van der Waals surface area (Å²) in [7, 11) is 2.26. The number of unbranched alkanes of at least 4 members (excludes halogenated alkanes) is 2. The van der Waals surface area contributed by atoms with Crippen molar-refractivity contribution in [2.75, 3.05) is 20.1 Å². The van der Waals surface area contributed by atoms with Gasteiger partial charge in [-0.2, -0.15) is 4.39 Å². The third-order valence-electron chi connectivity index (χ3n) is 6.50. The van der Waals surface area contributed by atoms with Gasteiger partial charge in [0.2, 0.25) is 5.95 Å². The van der Waals surface area contributed by atoms with Crippen LogP contribution in [-0.4, -0.2) is 45.9 Å². The molecule has 0 bridgehead atoms. The Bertz CT molecular complexity index is 938. The number of para-hydroxylation sites is 1. The molecule has 0 spiro atoms. The second-order valence-electron chi connectivity index (χ2n) is 8.92. The molecule has 0 aliphatic heterocycles. The molecule has 1 atom stereocenters. The molecule has 2 aromatic heterocycles. The number of rotatable bonds is 14. The number of fused-ring (bicyclic) bond motifs is 1. The first-order chi connectivity index (χ1) is 15.6. The molecule has 3 aromatic rings. The largest absolute Gasteiger partial charge is 0.361 e. The van der Waals surface area contributed by atoms with Gasteiger partial charge in [-0.3, -0.25) is 4.90 Å². The van der Waals surface area contributed by atoms with E-state index in [0.29, 0.717) is 18.2 Å². The fourth-order valence-electron chi connectivity index (χ4n) is 4.62. The summed E-state index contributed by atoms with van der Waals surface area (Å²) in [4.78, 5) is 12.1. The van der Waals surface area contributed by atoms with E-state index in [-0.39, 0.29) is 5.95 Å². The number of benzene rings is 1. The van der Waals surface area contributed by atoms with E-state index >= 15 is 0 Å². The van der Waals surface area contributed by atoms with Gasteiger partial charge in [0.15, 0.2) is 0 Å². The van der Waals surface area contributed by atoms with Crippen molar-refractivity contribution in [3.05, 3.63) is 65.9 Å². The van der Waals surface area contributed by atoms with Gasteiger partial charge in [-0.1, -0.05) is 51.0 Å². The Morgan fingerprint density at radius 3 is 2.53 bits per heavy atom. The maximum atomic E-state index is 14.2. The standard InChI is InChI=1S/C27H39FN4/c1-4-12-24(5-2)31(3)17-9-6-10-18-32(20-22-13-11-16-29-27(22)28)21-23-19-30-26-15-8-7-14-25(23)26/h7-8,11,13-16,19,24,30H,4-6,9-10,12,17-18,20-21H2,1-3H3. The molecule has 4 nitrogen and oxygen atoms in total. The van der Waals surface area contributed by atoms with E-state index < -0.39 is 0 Å². The Labute approximate surface area is 192 Å². The van der Waals surface area contributed by atoms with Crippen LogP contribution in [-0.2, 0) is 13.1 Å². The van der Waals surface area contributed by atoms with Gasteiger partial charge < -0.3 is 9.88 Å². The SMILES string of the molecule is CCCC(CC)N(C)CCCCCN(Cc1cccnc1F)Cc1c[nH]c2ccccc12. The van der Waals surface area contributed by atoms with E-state index in [0.717, 1.165) is 31.6 Å². The average Bonchev–Trinajstić information content (AvgIpc) is 3.21. The lowest BCUT2D eigenvalue weighted by atomic mass is 10.1. The molecule has 0 saturated carbocycles. The molecule has 0 amide bonds. The molecule has 2 heterocycles. The van der Waals surface area contributed by atoms with Crippen molar-refractivity contribution in [3.8, 4) is 0 Å². The summed E-state index contributed by atoms with van der Waals surface area (Å²) < 4.78 is 14.2. The zero-order chi connectivity index (χ0) is 22.8. The number of hydrogen-bond acceptors (Lipinski definition) is 3. The molecule has 0 aliphatic carbocycles. The first kappa shape index (κ1) is 24.4. The van der Waals surface area contributed by atoms with E-state index in [9.17, 15) is 4.39 Å². The second-order valence-corrected chi connectivity index (χ2v) is 8.92. The van der Waals surface area contributed by atoms with Crippen LogP contribution in [0.25, 0.3) is 10.9 Å². The maximum absolute atomic E-state index is 14.2. The van der Waals surface area contributed by atoms with Gasteiger partial charge in [-0.15, -0.1) is 0 Å². The Balaban J connectivity index is 1.57. The van der Waals surface area contributed by atoms with E-state index in [4.69, 9.17) is 0 Å². The van der Waals surface area contributed by atoms with Gasteiger partial charge in [-0.05, 0) is 63.5 Å². The number of pyridine rings is 1. The molecule has 0 saturated heterocycles. The predicted molar refractivity (Wildman–Crippen MR) is 132 cm³/mol. The summed E-state index contributed by atoms with van der Waals surface area (Å²) in [5.74, 6) is -0.361. The van der Waals surface area contributed by atoms with Crippen molar-refractivity contribution in [3.63, 3.8) is 0 Å². The van der Waals surface area contributed by atoms with Crippen molar-refractivity contribution < 1.29 is 4.39 Å². The number of aromatic nitrogens is 2. The summed E-state index contributed by atoms with van der Waals surface area (Å²) in [5.41, 5.74) is 3.07. The van der Waals surface area contributed by atoms with Crippen molar-refractivity contribution in [2.45, 2.75) is 71.5 Å². The normalized spacial score (nSPS) is 12.8. The highest BCUT2D eigenvalue weighted by Gasteiger charge is 2.14. The van der Waals surface area contributed by atoms with Crippen molar-refractivity contribution in [1.29, 1.82) is 0 Å². The van der Waals surface area contributed by atoms with Gasteiger partial charge in [-0.25, -0.2) is 4.98 Å². The Morgan fingerprint density at radius 1 is 0.969 bits per heavy atom. The lowest BCUT2D eigenvalue weighted by molar-refractivity contribution is 0.212. The smallest absolute Gasteiger partial charge is 0.217 e. The number of nitrogens with zero attached hydrogens (tertiary/aromatic N) is 3. The lowest BCUT2D eigenvalue weighted by Gasteiger charge is -2.27. The first-order valence-electron chi connectivity index (χ1n) is 12.2. The molecule has 3 rings (SSSR count). The summed E-state index contributed by atoms with van der Waals surface area (Å²) in [6, 6.07) is 12.7. The van der Waals surface area contributed by atoms with E-state index in [1.54, 1.807) is 0 Å². The molecule has 0 radical (unpaired) electrons. The summed E-state index contributed by atoms with van der Waals surface area (Å²) in [6.45, 7) is 8.03.